The highest BCUT2D eigenvalue weighted by Gasteiger charge is 2.10. The van der Waals surface area contributed by atoms with Crippen molar-refractivity contribution in [3.05, 3.63) is 24.2 Å². The van der Waals surface area contributed by atoms with Crippen molar-refractivity contribution in [2.45, 2.75) is 5.92 Å². The third-order valence-corrected chi connectivity index (χ3v) is 1.27. The molecule has 1 rings (SSSR count). The van der Waals surface area contributed by atoms with E-state index in [4.69, 9.17) is 9.52 Å². The quantitative estimate of drug-likeness (QED) is 0.624. The van der Waals surface area contributed by atoms with E-state index >= 15 is 0 Å². The Morgan fingerprint density at radius 2 is 2.60 bits per heavy atom. The highest BCUT2D eigenvalue weighted by atomic mass is 16.3. The van der Waals surface area contributed by atoms with E-state index in [0.717, 1.165) is 0 Å². The second kappa shape index (κ2) is 3.17. The molecule has 54 valence electrons. The maximum atomic E-state index is 10.2. The summed E-state index contributed by atoms with van der Waals surface area (Å²) in [4.78, 5) is 10.2. The summed E-state index contributed by atoms with van der Waals surface area (Å²) in [7, 11) is 0. The molecule has 1 unspecified atom stereocenters. The normalized spacial score (nSPS) is 12.9. The fraction of sp³-hybridized carbons (Fsp3) is 0.286. The van der Waals surface area contributed by atoms with Crippen LogP contribution in [0.1, 0.15) is 11.7 Å². The van der Waals surface area contributed by atoms with Gasteiger partial charge in [-0.15, -0.1) is 0 Å². The van der Waals surface area contributed by atoms with Crippen LogP contribution in [0.25, 0.3) is 0 Å². The van der Waals surface area contributed by atoms with Crippen LogP contribution >= 0.6 is 0 Å². The summed E-state index contributed by atoms with van der Waals surface area (Å²) >= 11 is 0. The molecule has 0 fully saturated rings. The van der Waals surface area contributed by atoms with Crippen molar-refractivity contribution in [1.29, 1.82) is 0 Å². The fourth-order valence-corrected chi connectivity index (χ4v) is 0.702. The summed E-state index contributed by atoms with van der Waals surface area (Å²) in [6.45, 7) is -0.197. The van der Waals surface area contributed by atoms with E-state index in [1.165, 1.54) is 6.26 Å². The van der Waals surface area contributed by atoms with Crippen LogP contribution in [0, 0.1) is 0 Å². The molecule has 10 heavy (non-hydrogen) atoms. The van der Waals surface area contributed by atoms with Gasteiger partial charge in [0.15, 0.2) is 0 Å². The molecule has 1 aromatic rings. The first kappa shape index (κ1) is 7.02. The highest BCUT2D eigenvalue weighted by molar-refractivity contribution is 5.60. The molecule has 0 spiro atoms. The fourth-order valence-electron chi connectivity index (χ4n) is 0.702. The lowest BCUT2D eigenvalue weighted by Gasteiger charge is -1.99. The molecule has 0 aliphatic carbocycles. The second-order valence-electron chi connectivity index (χ2n) is 1.94. The van der Waals surface area contributed by atoms with Crippen LogP contribution in [-0.2, 0) is 4.79 Å². The zero-order valence-electron chi connectivity index (χ0n) is 5.36. The predicted molar refractivity (Wildman–Crippen MR) is 34.6 cm³/mol. The first-order valence-corrected chi connectivity index (χ1v) is 2.98. The molecule has 0 aliphatic rings. The van der Waals surface area contributed by atoms with Gasteiger partial charge in [-0.1, -0.05) is 0 Å². The number of rotatable bonds is 3. The first-order chi connectivity index (χ1) is 4.88. The molecule has 0 aromatic carbocycles. The number of aliphatic hydroxyl groups is 1. The first-order valence-electron chi connectivity index (χ1n) is 2.98. The van der Waals surface area contributed by atoms with E-state index in [-0.39, 0.29) is 6.61 Å². The molecular formula is C7H8O3. The smallest absolute Gasteiger partial charge is 0.132 e. The Kier molecular flexibility index (Phi) is 2.23. The lowest BCUT2D eigenvalue weighted by atomic mass is 10.1. The predicted octanol–water partition coefficient (Wildman–Crippen LogP) is 0.554. The van der Waals surface area contributed by atoms with Crippen LogP contribution in [0.15, 0.2) is 22.8 Å². The van der Waals surface area contributed by atoms with Gasteiger partial charge in [0.1, 0.15) is 12.0 Å². The molecule has 1 atom stereocenters. The second-order valence-corrected chi connectivity index (χ2v) is 1.94. The molecule has 0 amide bonds. The lowest BCUT2D eigenvalue weighted by Crippen LogP contribution is -2.03. The third kappa shape index (κ3) is 1.25. The Morgan fingerprint density at radius 1 is 1.80 bits per heavy atom. The molecule has 0 saturated carbocycles. The largest absolute Gasteiger partial charge is 0.469 e. The van der Waals surface area contributed by atoms with Crippen molar-refractivity contribution in [1.82, 2.24) is 0 Å². The van der Waals surface area contributed by atoms with Crippen LogP contribution < -0.4 is 0 Å². The molecule has 0 saturated heterocycles. The van der Waals surface area contributed by atoms with Gasteiger partial charge in [-0.3, -0.25) is 0 Å². The molecule has 1 heterocycles. The number of hydrogen-bond donors (Lipinski definition) is 1. The van der Waals surface area contributed by atoms with Crippen LogP contribution in [0.3, 0.4) is 0 Å². The zero-order chi connectivity index (χ0) is 7.40. The van der Waals surface area contributed by atoms with Gasteiger partial charge in [0.05, 0.1) is 18.8 Å². The van der Waals surface area contributed by atoms with E-state index < -0.39 is 5.92 Å². The van der Waals surface area contributed by atoms with E-state index in [1.807, 2.05) is 0 Å². The van der Waals surface area contributed by atoms with E-state index in [0.29, 0.717) is 12.0 Å². The molecule has 1 aromatic heterocycles. The Morgan fingerprint density at radius 3 is 3.00 bits per heavy atom. The Bertz CT molecular complexity index is 191. The van der Waals surface area contributed by atoms with Crippen molar-refractivity contribution in [2.24, 2.45) is 0 Å². The van der Waals surface area contributed by atoms with Crippen LogP contribution in [-0.4, -0.2) is 18.0 Å². The van der Waals surface area contributed by atoms with Crippen molar-refractivity contribution in [3.63, 3.8) is 0 Å². The average molecular weight is 140 g/mol. The lowest BCUT2D eigenvalue weighted by molar-refractivity contribution is -0.110. The highest BCUT2D eigenvalue weighted by Crippen LogP contribution is 2.11. The average Bonchev–Trinajstić information content (AvgIpc) is 2.43. The minimum atomic E-state index is -0.505. The molecule has 0 aliphatic heterocycles. The molecule has 0 bridgehead atoms. The monoisotopic (exact) mass is 140 g/mol. The number of aldehydes is 1. The summed E-state index contributed by atoms with van der Waals surface area (Å²) in [6, 6.07) is 3.34. The topological polar surface area (TPSA) is 50.4 Å². The molecule has 0 radical (unpaired) electrons. The Balaban J connectivity index is 2.73. The molecule has 3 nitrogen and oxygen atoms in total. The van der Waals surface area contributed by atoms with Crippen LogP contribution in [0.2, 0.25) is 0 Å². The van der Waals surface area contributed by atoms with Gasteiger partial charge in [0, 0.05) is 0 Å². The van der Waals surface area contributed by atoms with Crippen molar-refractivity contribution in [3.8, 4) is 0 Å². The van der Waals surface area contributed by atoms with Gasteiger partial charge in [0.2, 0.25) is 0 Å². The van der Waals surface area contributed by atoms with Crippen molar-refractivity contribution < 1.29 is 14.3 Å². The Labute approximate surface area is 58.3 Å². The number of aliphatic hydroxyl groups excluding tert-OH is 1. The Hall–Kier alpha value is -1.09. The maximum Gasteiger partial charge on any atom is 0.132 e. The zero-order valence-corrected chi connectivity index (χ0v) is 5.36. The number of furan rings is 1. The van der Waals surface area contributed by atoms with Gasteiger partial charge in [-0.05, 0) is 12.1 Å². The van der Waals surface area contributed by atoms with Crippen LogP contribution in [0.5, 0.6) is 0 Å². The number of hydrogen-bond acceptors (Lipinski definition) is 3. The minimum Gasteiger partial charge on any atom is -0.469 e. The summed E-state index contributed by atoms with van der Waals surface area (Å²) < 4.78 is 4.89. The van der Waals surface area contributed by atoms with Crippen LogP contribution in [0.4, 0.5) is 0 Å². The van der Waals surface area contributed by atoms with Gasteiger partial charge >= 0.3 is 0 Å². The van der Waals surface area contributed by atoms with E-state index in [9.17, 15) is 4.79 Å². The summed E-state index contributed by atoms with van der Waals surface area (Å²) in [5.41, 5.74) is 0. The molecule has 1 N–H and O–H groups in total. The van der Waals surface area contributed by atoms with Crippen molar-refractivity contribution >= 4 is 6.29 Å². The van der Waals surface area contributed by atoms with E-state index in [1.54, 1.807) is 12.1 Å². The minimum absolute atomic E-state index is 0.197. The van der Waals surface area contributed by atoms with Gasteiger partial charge in [-0.25, -0.2) is 0 Å². The standard InChI is InChI=1S/C7H8O3/c8-4-6(5-9)7-2-1-3-10-7/h1-4,6,9H,5H2. The summed E-state index contributed by atoms with van der Waals surface area (Å²) in [5, 5.41) is 8.61. The number of carbonyl (C=O) groups is 1. The third-order valence-electron chi connectivity index (χ3n) is 1.27. The van der Waals surface area contributed by atoms with Gasteiger partial charge in [-0.2, -0.15) is 0 Å². The van der Waals surface area contributed by atoms with Gasteiger partial charge in [0.25, 0.3) is 0 Å². The molecular weight excluding hydrogens is 132 g/mol. The van der Waals surface area contributed by atoms with Crippen molar-refractivity contribution in [2.75, 3.05) is 6.61 Å². The summed E-state index contributed by atoms with van der Waals surface area (Å²) in [5.74, 6) is 0.00694. The summed E-state index contributed by atoms with van der Waals surface area (Å²) in [6.07, 6.45) is 2.14. The molecule has 3 heteroatoms. The van der Waals surface area contributed by atoms with Gasteiger partial charge < -0.3 is 14.3 Å². The van der Waals surface area contributed by atoms with E-state index in [2.05, 4.69) is 0 Å². The number of carbonyl (C=O) groups excluding carboxylic acids is 1. The maximum absolute atomic E-state index is 10.2. The SMILES string of the molecule is O=CC(CO)c1ccco1.